The number of sulfonamides is 1. The van der Waals surface area contributed by atoms with Crippen LogP contribution >= 0.6 is 0 Å². The van der Waals surface area contributed by atoms with E-state index in [1.807, 2.05) is 32.9 Å². The van der Waals surface area contributed by atoms with Crippen LogP contribution in [0, 0.1) is 25.6 Å². The van der Waals surface area contributed by atoms with Crippen molar-refractivity contribution in [2.24, 2.45) is 5.92 Å². The summed E-state index contributed by atoms with van der Waals surface area (Å²) in [6.07, 6.45) is 2.00. The number of aryl methyl sites for hydroxylation is 2. The summed E-state index contributed by atoms with van der Waals surface area (Å²) in [5.74, 6) is -1.02. The van der Waals surface area contributed by atoms with E-state index in [1.54, 1.807) is 0 Å². The molecule has 2 aromatic rings. The molecule has 1 heterocycles. The Morgan fingerprint density at radius 3 is 2.53 bits per heavy atom. The topological polar surface area (TPSA) is 66.5 Å². The quantitative estimate of drug-likeness (QED) is 0.747. The van der Waals surface area contributed by atoms with Crippen molar-refractivity contribution in [2.75, 3.05) is 13.1 Å². The highest BCUT2D eigenvalue weighted by atomic mass is 32.2. The summed E-state index contributed by atoms with van der Waals surface area (Å²) in [6, 6.07) is 10.9. The zero-order valence-corrected chi connectivity index (χ0v) is 18.5. The van der Waals surface area contributed by atoms with E-state index >= 15 is 0 Å². The molecule has 1 aliphatic rings. The summed E-state index contributed by atoms with van der Waals surface area (Å²) < 4.78 is 40.3. The van der Waals surface area contributed by atoms with E-state index in [0.717, 1.165) is 29.7 Å². The van der Waals surface area contributed by atoms with Crippen molar-refractivity contribution in [3.8, 4) is 0 Å². The third kappa shape index (κ3) is 4.90. The molecule has 162 valence electrons. The number of halogens is 1. The number of piperidine rings is 1. The molecular formula is C23H29FN2O3S. The monoisotopic (exact) mass is 432 g/mol. The number of carbonyl (C=O) groups is 1. The third-order valence-corrected chi connectivity index (χ3v) is 7.61. The first-order chi connectivity index (χ1) is 14.2. The summed E-state index contributed by atoms with van der Waals surface area (Å²) in [5, 5.41) is 3.12. The van der Waals surface area contributed by atoms with Crippen molar-refractivity contribution in [1.29, 1.82) is 0 Å². The highest BCUT2D eigenvalue weighted by molar-refractivity contribution is 7.89. The maximum Gasteiger partial charge on any atom is 0.243 e. The highest BCUT2D eigenvalue weighted by Gasteiger charge is 2.34. The molecule has 1 aliphatic heterocycles. The Bertz CT molecular complexity index is 1010. The van der Waals surface area contributed by atoms with E-state index in [-0.39, 0.29) is 23.4 Å². The lowest BCUT2D eigenvalue weighted by molar-refractivity contribution is -0.126. The number of rotatable bonds is 6. The van der Waals surface area contributed by atoms with Crippen LogP contribution in [0.1, 0.15) is 48.9 Å². The summed E-state index contributed by atoms with van der Waals surface area (Å²) in [4.78, 5) is 13.0. The lowest BCUT2D eigenvalue weighted by Crippen LogP contribution is -2.46. The molecule has 0 saturated carbocycles. The van der Waals surface area contributed by atoms with Crippen LogP contribution in [0.2, 0.25) is 0 Å². The predicted octanol–water partition coefficient (Wildman–Crippen LogP) is 4.11. The predicted molar refractivity (Wildman–Crippen MR) is 115 cm³/mol. The summed E-state index contributed by atoms with van der Waals surface area (Å²) in [7, 11) is -3.76. The van der Waals surface area contributed by atoms with Crippen molar-refractivity contribution in [2.45, 2.75) is 51.0 Å². The fourth-order valence-corrected chi connectivity index (χ4v) is 5.56. The van der Waals surface area contributed by atoms with Gasteiger partial charge in [0, 0.05) is 13.1 Å². The zero-order chi connectivity index (χ0) is 21.9. The van der Waals surface area contributed by atoms with Gasteiger partial charge < -0.3 is 5.32 Å². The Hall–Kier alpha value is -2.25. The molecule has 7 heteroatoms. The van der Waals surface area contributed by atoms with Crippen molar-refractivity contribution >= 4 is 15.9 Å². The van der Waals surface area contributed by atoms with Gasteiger partial charge in [0.25, 0.3) is 0 Å². The number of hydrogen-bond donors (Lipinski definition) is 1. The zero-order valence-electron chi connectivity index (χ0n) is 17.7. The second-order valence-corrected chi connectivity index (χ2v) is 9.92. The van der Waals surface area contributed by atoms with Crippen molar-refractivity contribution in [1.82, 2.24) is 9.62 Å². The summed E-state index contributed by atoms with van der Waals surface area (Å²) in [5.41, 5.74) is 3.39. The van der Waals surface area contributed by atoms with Crippen LogP contribution in [0.3, 0.4) is 0 Å². The van der Waals surface area contributed by atoms with Gasteiger partial charge in [-0.3, -0.25) is 4.79 Å². The van der Waals surface area contributed by atoms with Gasteiger partial charge in [-0.05, 0) is 68.5 Å². The minimum Gasteiger partial charge on any atom is -0.349 e. The fourth-order valence-electron chi connectivity index (χ4n) is 4.04. The van der Waals surface area contributed by atoms with Gasteiger partial charge in [0.15, 0.2) is 0 Å². The van der Waals surface area contributed by atoms with Crippen molar-refractivity contribution in [3.05, 3.63) is 65.0 Å². The molecule has 1 saturated heterocycles. The smallest absolute Gasteiger partial charge is 0.243 e. The number of nitrogens with zero attached hydrogens (tertiary/aromatic N) is 1. The number of hydrogen-bond acceptors (Lipinski definition) is 3. The van der Waals surface area contributed by atoms with E-state index in [2.05, 4.69) is 11.4 Å². The molecule has 1 amide bonds. The van der Waals surface area contributed by atoms with Crippen LogP contribution in [0.15, 0.2) is 47.4 Å². The van der Waals surface area contributed by atoms with Crippen LogP contribution < -0.4 is 5.32 Å². The molecule has 30 heavy (non-hydrogen) atoms. The summed E-state index contributed by atoms with van der Waals surface area (Å²) in [6.45, 7) is 6.59. The van der Waals surface area contributed by atoms with Gasteiger partial charge in [-0.2, -0.15) is 4.31 Å². The lowest BCUT2D eigenvalue weighted by atomic mass is 9.95. The number of benzene rings is 2. The molecular weight excluding hydrogens is 403 g/mol. The largest absolute Gasteiger partial charge is 0.349 e. The minimum atomic E-state index is -3.76. The molecule has 2 atom stereocenters. The molecule has 0 radical (unpaired) electrons. The van der Waals surface area contributed by atoms with Crippen LogP contribution in [0.25, 0.3) is 0 Å². The number of amides is 1. The first-order valence-corrected chi connectivity index (χ1v) is 11.8. The van der Waals surface area contributed by atoms with Gasteiger partial charge in [0.2, 0.25) is 15.9 Å². The molecule has 3 rings (SSSR count). The van der Waals surface area contributed by atoms with E-state index in [9.17, 15) is 17.6 Å². The Morgan fingerprint density at radius 2 is 1.90 bits per heavy atom. The highest BCUT2D eigenvalue weighted by Crippen LogP contribution is 2.26. The van der Waals surface area contributed by atoms with Gasteiger partial charge in [0.05, 0.1) is 16.9 Å². The normalized spacial score (nSPS) is 18.7. The average Bonchev–Trinajstić information content (AvgIpc) is 2.72. The molecule has 1 N–H and O–H groups in total. The second kappa shape index (κ2) is 9.27. The van der Waals surface area contributed by atoms with Gasteiger partial charge in [0.1, 0.15) is 5.82 Å². The van der Waals surface area contributed by atoms with E-state index < -0.39 is 21.8 Å². The number of nitrogens with one attached hydrogen (secondary N) is 1. The first kappa shape index (κ1) is 22.4. The van der Waals surface area contributed by atoms with Gasteiger partial charge >= 0.3 is 0 Å². The van der Waals surface area contributed by atoms with Crippen LogP contribution in [-0.2, 0) is 14.8 Å². The van der Waals surface area contributed by atoms with Crippen LogP contribution in [-0.4, -0.2) is 31.7 Å². The first-order valence-electron chi connectivity index (χ1n) is 10.4. The third-order valence-electron chi connectivity index (χ3n) is 5.73. The van der Waals surface area contributed by atoms with Gasteiger partial charge in [-0.15, -0.1) is 0 Å². The second-order valence-electron chi connectivity index (χ2n) is 7.99. The van der Waals surface area contributed by atoms with Crippen molar-refractivity contribution < 1.29 is 17.6 Å². The Kier molecular flexibility index (Phi) is 6.93. The van der Waals surface area contributed by atoms with E-state index in [0.29, 0.717) is 19.4 Å². The van der Waals surface area contributed by atoms with Gasteiger partial charge in [-0.1, -0.05) is 30.7 Å². The van der Waals surface area contributed by atoms with E-state index in [4.69, 9.17) is 0 Å². The molecule has 1 fully saturated rings. The molecule has 0 unspecified atom stereocenters. The minimum absolute atomic E-state index is 0.0478. The molecule has 0 spiro atoms. The molecule has 0 aliphatic carbocycles. The van der Waals surface area contributed by atoms with E-state index in [1.165, 1.54) is 22.0 Å². The Balaban J connectivity index is 1.72. The maximum absolute atomic E-state index is 13.2. The fraction of sp³-hybridized carbons (Fsp3) is 0.435. The number of carbonyl (C=O) groups excluding carboxylic acids is 1. The van der Waals surface area contributed by atoms with Crippen LogP contribution in [0.5, 0.6) is 0 Å². The SMILES string of the molecule is CC[C@H](NC(=O)[C@H]1CCCN(S(=O)(=O)c2ccc(F)cc2)C1)c1ccc(C)cc1C. The molecule has 5 nitrogen and oxygen atoms in total. The lowest BCUT2D eigenvalue weighted by Gasteiger charge is -2.32. The molecule has 0 bridgehead atoms. The Labute approximate surface area is 178 Å². The maximum atomic E-state index is 13.2. The average molecular weight is 433 g/mol. The van der Waals surface area contributed by atoms with Gasteiger partial charge in [-0.25, -0.2) is 12.8 Å². The standard InChI is InChI=1S/C23H29FN2O3S/c1-4-22(21-12-7-16(2)14-17(21)3)25-23(27)18-6-5-13-26(15-18)30(28,29)20-10-8-19(24)9-11-20/h7-12,14,18,22H,4-6,13,15H2,1-3H3,(H,25,27)/t18-,22-/m0/s1. The van der Waals surface area contributed by atoms with Crippen molar-refractivity contribution in [3.63, 3.8) is 0 Å². The molecule has 0 aromatic heterocycles. The van der Waals surface area contributed by atoms with Crippen LogP contribution in [0.4, 0.5) is 4.39 Å². The molecule has 2 aromatic carbocycles. The summed E-state index contributed by atoms with van der Waals surface area (Å²) >= 11 is 0. The Morgan fingerprint density at radius 1 is 1.20 bits per heavy atom.